The zero-order chi connectivity index (χ0) is 15.0. The zero-order valence-corrected chi connectivity index (χ0v) is 12.9. The second kappa shape index (κ2) is 8.88. The minimum Gasteiger partial charge on any atom is -0.395 e. The summed E-state index contributed by atoms with van der Waals surface area (Å²) < 4.78 is 0. The highest BCUT2D eigenvalue weighted by Gasteiger charge is 2.16. The number of rotatable bonds is 9. The van der Waals surface area contributed by atoms with Gasteiger partial charge in [-0.25, -0.2) is 0 Å². The summed E-state index contributed by atoms with van der Waals surface area (Å²) in [5.41, 5.74) is 1.95. The van der Waals surface area contributed by atoms with Gasteiger partial charge in [0.05, 0.1) is 6.61 Å². The molecule has 0 radical (unpaired) electrons. The minimum atomic E-state index is 0.148. The summed E-state index contributed by atoms with van der Waals surface area (Å²) in [4.78, 5) is 14.4. The van der Waals surface area contributed by atoms with Gasteiger partial charge in [0.2, 0.25) is 0 Å². The van der Waals surface area contributed by atoms with Crippen LogP contribution in [0, 0.1) is 6.92 Å². The first-order chi connectivity index (χ1) is 9.62. The third kappa shape index (κ3) is 5.06. The van der Waals surface area contributed by atoms with Gasteiger partial charge in [-0.05, 0) is 19.8 Å². The molecule has 0 aliphatic heterocycles. The van der Waals surface area contributed by atoms with Crippen molar-refractivity contribution in [3.05, 3.63) is 35.4 Å². The van der Waals surface area contributed by atoms with Crippen LogP contribution in [0.4, 0.5) is 0 Å². The van der Waals surface area contributed by atoms with Crippen LogP contribution >= 0.6 is 0 Å². The lowest BCUT2D eigenvalue weighted by Gasteiger charge is -2.29. The van der Waals surface area contributed by atoms with Gasteiger partial charge in [-0.3, -0.25) is 9.69 Å². The zero-order valence-electron chi connectivity index (χ0n) is 12.9. The van der Waals surface area contributed by atoms with Crippen LogP contribution in [0.2, 0.25) is 0 Å². The fourth-order valence-corrected chi connectivity index (χ4v) is 2.54. The standard InChI is InChI=1S/C17H27NO2/c1-4-16(5-2)18(12-13-19)11-10-17(20)15-8-6-14(3)7-9-15/h6-9,16,19H,4-5,10-13H2,1-3H3. The Morgan fingerprint density at radius 3 is 2.25 bits per heavy atom. The summed E-state index contributed by atoms with van der Waals surface area (Å²) in [7, 11) is 0. The van der Waals surface area contributed by atoms with Crippen molar-refractivity contribution in [1.82, 2.24) is 4.90 Å². The van der Waals surface area contributed by atoms with E-state index >= 15 is 0 Å². The molecular formula is C17H27NO2. The molecule has 0 amide bonds. The largest absolute Gasteiger partial charge is 0.395 e. The number of hydrogen-bond acceptors (Lipinski definition) is 3. The highest BCUT2D eigenvalue weighted by atomic mass is 16.3. The van der Waals surface area contributed by atoms with Crippen LogP contribution in [0.5, 0.6) is 0 Å². The van der Waals surface area contributed by atoms with E-state index in [2.05, 4.69) is 18.7 Å². The lowest BCUT2D eigenvalue weighted by Crippen LogP contribution is -2.38. The first-order valence-corrected chi connectivity index (χ1v) is 7.57. The average molecular weight is 277 g/mol. The van der Waals surface area contributed by atoms with Gasteiger partial charge in [-0.2, -0.15) is 0 Å². The summed E-state index contributed by atoms with van der Waals surface area (Å²) in [6.07, 6.45) is 2.62. The van der Waals surface area contributed by atoms with Crippen LogP contribution in [0.3, 0.4) is 0 Å². The Balaban J connectivity index is 2.58. The number of aliphatic hydroxyl groups excluding tert-OH is 1. The summed E-state index contributed by atoms with van der Waals surface area (Å²) in [5, 5.41) is 9.16. The van der Waals surface area contributed by atoms with Crippen LogP contribution in [0.15, 0.2) is 24.3 Å². The van der Waals surface area contributed by atoms with E-state index in [1.807, 2.05) is 31.2 Å². The molecule has 1 aromatic carbocycles. The molecule has 0 bridgehead atoms. The Morgan fingerprint density at radius 1 is 1.15 bits per heavy atom. The Hall–Kier alpha value is -1.19. The lowest BCUT2D eigenvalue weighted by atomic mass is 10.0. The molecule has 112 valence electrons. The van der Waals surface area contributed by atoms with Crippen molar-refractivity contribution in [3.8, 4) is 0 Å². The van der Waals surface area contributed by atoms with Gasteiger partial charge >= 0.3 is 0 Å². The summed E-state index contributed by atoms with van der Waals surface area (Å²) in [5.74, 6) is 0.180. The first kappa shape index (κ1) is 16.9. The van der Waals surface area contributed by atoms with E-state index in [9.17, 15) is 4.79 Å². The second-order valence-corrected chi connectivity index (χ2v) is 5.27. The van der Waals surface area contributed by atoms with Crippen LogP contribution < -0.4 is 0 Å². The third-order valence-corrected chi connectivity index (χ3v) is 3.85. The van der Waals surface area contributed by atoms with E-state index in [1.165, 1.54) is 5.56 Å². The third-order valence-electron chi connectivity index (χ3n) is 3.85. The van der Waals surface area contributed by atoms with E-state index < -0.39 is 0 Å². The molecule has 0 unspecified atom stereocenters. The van der Waals surface area contributed by atoms with Gasteiger partial charge in [0, 0.05) is 31.1 Å². The highest BCUT2D eigenvalue weighted by Crippen LogP contribution is 2.11. The van der Waals surface area contributed by atoms with E-state index in [0.29, 0.717) is 19.0 Å². The predicted octanol–water partition coefficient (Wildman–Crippen LogP) is 3.05. The van der Waals surface area contributed by atoms with Crippen molar-refractivity contribution in [3.63, 3.8) is 0 Å². The van der Waals surface area contributed by atoms with Crippen molar-refractivity contribution in [1.29, 1.82) is 0 Å². The Morgan fingerprint density at radius 2 is 1.75 bits per heavy atom. The number of aryl methyl sites for hydroxylation is 1. The van der Waals surface area contributed by atoms with Gasteiger partial charge in [0.1, 0.15) is 0 Å². The predicted molar refractivity (Wildman–Crippen MR) is 83.2 cm³/mol. The maximum atomic E-state index is 12.2. The van der Waals surface area contributed by atoms with Crippen molar-refractivity contribution in [2.75, 3.05) is 19.7 Å². The molecule has 0 aliphatic rings. The molecule has 1 N–H and O–H groups in total. The highest BCUT2D eigenvalue weighted by molar-refractivity contribution is 5.96. The fraction of sp³-hybridized carbons (Fsp3) is 0.588. The van der Waals surface area contributed by atoms with E-state index in [4.69, 9.17) is 5.11 Å². The molecule has 0 atom stereocenters. The van der Waals surface area contributed by atoms with Crippen molar-refractivity contribution < 1.29 is 9.90 Å². The van der Waals surface area contributed by atoms with E-state index in [0.717, 1.165) is 24.9 Å². The summed E-state index contributed by atoms with van der Waals surface area (Å²) in [6.45, 7) is 7.84. The summed E-state index contributed by atoms with van der Waals surface area (Å²) >= 11 is 0. The maximum absolute atomic E-state index is 12.2. The molecule has 0 spiro atoms. The molecule has 1 aromatic rings. The van der Waals surface area contributed by atoms with Gasteiger partial charge < -0.3 is 5.11 Å². The molecule has 0 saturated heterocycles. The van der Waals surface area contributed by atoms with Crippen molar-refractivity contribution >= 4 is 5.78 Å². The Bertz CT molecular complexity index is 396. The van der Waals surface area contributed by atoms with Crippen LogP contribution in [-0.2, 0) is 0 Å². The smallest absolute Gasteiger partial charge is 0.164 e. The Labute approximate surface area is 122 Å². The van der Waals surface area contributed by atoms with Gasteiger partial charge in [0.15, 0.2) is 5.78 Å². The average Bonchev–Trinajstić information content (AvgIpc) is 2.46. The fourth-order valence-electron chi connectivity index (χ4n) is 2.54. The lowest BCUT2D eigenvalue weighted by molar-refractivity contribution is 0.0927. The van der Waals surface area contributed by atoms with Gasteiger partial charge in [-0.15, -0.1) is 0 Å². The van der Waals surface area contributed by atoms with Gasteiger partial charge in [0.25, 0.3) is 0 Å². The molecule has 0 heterocycles. The molecule has 0 aromatic heterocycles. The topological polar surface area (TPSA) is 40.5 Å². The number of carbonyl (C=O) groups excluding carboxylic acids is 1. The van der Waals surface area contributed by atoms with Crippen molar-refractivity contribution in [2.24, 2.45) is 0 Å². The van der Waals surface area contributed by atoms with E-state index in [-0.39, 0.29) is 12.4 Å². The SMILES string of the molecule is CCC(CC)N(CCO)CCC(=O)c1ccc(C)cc1. The first-order valence-electron chi connectivity index (χ1n) is 7.57. The summed E-state index contributed by atoms with van der Waals surface area (Å²) in [6, 6.07) is 8.18. The quantitative estimate of drug-likeness (QED) is 0.705. The normalized spacial score (nSPS) is 11.3. The maximum Gasteiger partial charge on any atom is 0.164 e. The molecule has 0 fully saturated rings. The van der Waals surface area contributed by atoms with Crippen LogP contribution in [0.25, 0.3) is 0 Å². The minimum absolute atomic E-state index is 0.148. The molecule has 3 heteroatoms. The molecule has 1 rings (SSSR count). The number of nitrogens with zero attached hydrogens (tertiary/aromatic N) is 1. The van der Waals surface area contributed by atoms with E-state index in [1.54, 1.807) is 0 Å². The molecule has 3 nitrogen and oxygen atoms in total. The number of ketones is 1. The van der Waals surface area contributed by atoms with Crippen LogP contribution in [-0.4, -0.2) is 41.5 Å². The van der Waals surface area contributed by atoms with Crippen molar-refractivity contribution in [2.45, 2.75) is 46.1 Å². The second-order valence-electron chi connectivity index (χ2n) is 5.27. The number of carbonyl (C=O) groups is 1. The number of hydrogen-bond donors (Lipinski definition) is 1. The molecule has 0 saturated carbocycles. The van der Waals surface area contributed by atoms with Gasteiger partial charge in [-0.1, -0.05) is 43.7 Å². The monoisotopic (exact) mass is 277 g/mol. The molecule has 0 aliphatic carbocycles. The number of benzene rings is 1. The molecule has 20 heavy (non-hydrogen) atoms. The number of aliphatic hydroxyl groups is 1. The Kier molecular flexibility index (Phi) is 7.48. The van der Waals surface area contributed by atoms with Crippen LogP contribution in [0.1, 0.15) is 49.0 Å². The molecular weight excluding hydrogens is 250 g/mol. The number of Topliss-reactive ketones (excluding diaryl/α,β-unsaturated/α-hetero) is 1.